The molecule has 1 N–H and O–H groups in total. The van der Waals surface area contributed by atoms with Crippen molar-refractivity contribution in [2.75, 3.05) is 5.32 Å². The predicted octanol–water partition coefficient (Wildman–Crippen LogP) is 1.77. The maximum absolute atomic E-state index is 5.20. The normalized spacial score (nSPS) is 11.0. The van der Waals surface area contributed by atoms with Gasteiger partial charge in [-0.05, 0) is 13.8 Å². The number of aromatic nitrogens is 4. The summed E-state index contributed by atoms with van der Waals surface area (Å²) in [5.41, 5.74) is 1.09. The quantitative estimate of drug-likeness (QED) is 0.852. The van der Waals surface area contributed by atoms with Gasteiger partial charge >= 0.3 is 6.01 Å². The lowest BCUT2D eigenvalue weighted by Gasteiger charge is -2.03. The fraction of sp³-hybridized carbons (Fsp3) is 0.500. The van der Waals surface area contributed by atoms with Gasteiger partial charge in [-0.2, -0.15) is 5.10 Å². The molecule has 0 unspecified atom stereocenters. The molecule has 0 aliphatic rings. The minimum absolute atomic E-state index is 0.374. The third kappa shape index (κ3) is 2.39. The summed E-state index contributed by atoms with van der Waals surface area (Å²) in [4.78, 5) is 0. The minimum Gasteiger partial charge on any atom is -0.408 e. The van der Waals surface area contributed by atoms with Crippen LogP contribution in [0.4, 0.5) is 6.01 Å². The van der Waals surface area contributed by atoms with Crippen molar-refractivity contribution in [2.24, 2.45) is 0 Å². The summed E-state index contributed by atoms with van der Waals surface area (Å²) in [6.45, 7) is 6.57. The van der Waals surface area contributed by atoms with Gasteiger partial charge in [0, 0.05) is 31.3 Å². The molecular formula is C10H15N5O. The molecule has 0 spiro atoms. The number of aryl methyl sites for hydroxylation is 1. The van der Waals surface area contributed by atoms with Crippen molar-refractivity contribution in [2.45, 2.75) is 33.4 Å². The number of anilines is 1. The Kier molecular flexibility index (Phi) is 2.89. The summed E-state index contributed by atoms with van der Waals surface area (Å²) in [6.07, 6.45) is 3.83. The summed E-state index contributed by atoms with van der Waals surface area (Å²) < 4.78 is 7.11. The SMILES string of the molecule is Cc1nnc(NCc2cnn(C(C)C)c2)o1. The second kappa shape index (κ2) is 4.34. The van der Waals surface area contributed by atoms with Crippen LogP contribution in [0.15, 0.2) is 16.8 Å². The summed E-state index contributed by atoms with van der Waals surface area (Å²) in [5.74, 6) is 0.556. The van der Waals surface area contributed by atoms with Crippen molar-refractivity contribution < 1.29 is 4.42 Å². The number of hydrogen-bond donors (Lipinski definition) is 1. The Morgan fingerprint density at radius 3 is 2.81 bits per heavy atom. The molecule has 0 saturated carbocycles. The molecule has 0 aromatic carbocycles. The van der Waals surface area contributed by atoms with Gasteiger partial charge in [0.05, 0.1) is 6.20 Å². The fourth-order valence-corrected chi connectivity index (χ4v) is 1.30. The van der Waals surface area contributed by atoms with Crippen molar-refractivity contribution in [1.29, 1.82) is 0 Å². The molecular weight excluding hydrogens is 206 g/mol. The maximum Gasteiger partial charge on any atom is 0.315 e. The second-order valence-electron chi connectivity index (χ2n) is 3.90. The van der Waals surface area contributed by atoms with Crippen LogP contribution in [0.5, 0.6) is 0 Å². The third-order valence-corrected chi connectivity index (χ3v) is 2.15. The lowest BCUT2D eigenvalue weighted by atomic mass is 10.3. The number of nitrogens with one attached hydrogen (secondary N) is 1. The summed E-state index contributed by atoms with van der Waals surface area (Å²) in [7, 11) is 0. The Morgan fingerprint density at radius 2 is 2.25 bits per heavy atom. The molecule has 0 aliphatic heterocycles. The zero-order chi connectivity index (χ0) is 11.5. The van der Waals surface area contributed by atoms with Gasteiger partial charge in [-0.3, -0.25) is 4.68 Å². The van der Waals surface area contributed by atoms with E-state index in [1.807, 2.05) is 17.1 Å². The molecule has 0 radical (unpaired) electrons. The van der Waals surface area contributed by atoms with Crippen molar-refractivity contribution in [3.63, 3.8) is 0 Å². The zero-order valence-electron chi connectivity index (χ0n) is 9.64. The van der Waals surface area contributed by atoms with Gasteiger partial charge in [0.25, 0.3) is 0 Å². The Bertz CT molecular complexity index is 459. The highest BCUT2D eigenvalue weighted by molar-refractivity contribution is 5.20. The van der Waals surface area contributed by atoms with Gasteiger partial charge < -0.3 is 9.73 Å². The topological polar surface area (TPSA) is 68.8 Å². The molecule has 0 saturated heterocycles. The fourth-order valence-electron chi connectivity index (χ4n) is 1.30. The molecule has 0 atom stereocenters. The van der Waals surface area contributed by atoms with E-state index < -0.39 is 0 Å². The number of hydrogen-bond acceptors (Lipinski definition) is 5. The minimum atomic E-state index is 0.374. The monoisotopic (exact) mass is 221 g/mol. The third-order valence-electron chi connectivity index (χ3n) is 2.15. The molecule has 16 heavy (non-hydrogen) atoms. The molecule has 6 heteroatoms. The molecule has 2 rings (SSSR count). The molecule has 0 amide bonds. The van der Waals surface area contributed by atoms with E-state index in [0.29, 0.717) is 24.5 Å². The lowest BCUT2D eigenvalue weighted by Crippen LogP contribution is -2.01. The molecule has 0 fully saturated rings. The van der Waals surface area contributed by atoms with Gasteiger partial charge in [0.2, 0.25) is 5.89 Å². The first-order valence-corrected chi connectivity index (χ1v) is 5.22. The van der Waals surface area contributed by atoms with Crippen LogP contribution in [0.25, 0.3) is 0 Å². The van der Waals surface area contributed by atoms with Gasteiger partial charge in [-0.25, -0.2) is 0 Å². The van der Waals surface area contributed by atoms with E-state index in [4.69, 9.17) is 4.42 Å². The summed E-state index contributed by atoms with van der Waals surface area (Å²) in [6, 6.07) is 0.814. The van der Waals surface area contributed by atoms with E-state index in [1.165, 1.54) is 0 Å². The summed E-state index contributed by atoms with van der Waals surface area (Å²) >= 11 is 0. The molecule has 2 aromatic heterocycles. The van der Waals surface area contributed by atoms with Crippen LogP contribution < -0.4 is 5.32 Å². The molecule has 86 valence electrons. The predicted molar refractivity (Wildman–Crippen MR) is 59.0 cm³/mol. The first kappa shape index (κ1) is 10.7. The maximum atomic E-state index is 5.20. The van der Waals surface area contributed by atoms with E-state index in [9.17, 15) is 0 Å². The van der Waals surface area contributed by atoms with Gasteiger partial charge in [0.15, 0.2) is 0 Å². The highest BCUT2D eigenvalue weighted by atomic mass is 16.4. The Morgan fingerprint density at radius 1 is 1.44 bits per heavy atom. The van der Waals surface area contributed by atoms with Crippen LogP contribution in [0.3, 0.4) is 0 Å². The van der Waals surface area contributed by atoms with E-state index in [1.54, 1.807) is 6.92 Å². The highest BCUT2D eigenvalue weighted by Crippen LogP contribution is 2.08. The van der Waals surface area contributed by atoms with Gasteiger partial charge in [0.1, 0.15) is 0 Å². The van der Waals surface area contributed by atoms with Crippen LogP contribution in [0.2, 0.25) is 0 Å². The van der Waals surface area contributed by atoms with Crippen molar-refractivity contribution in [3.8, 4) is 0 Å². The van der Waals surface area contributed by atoms with Crippen LogP contribution in [0.1, 0.15) is 31.3 Å². The Labute approximate surface area is 93.7 Å². The van der Waals surface area contributed by atoms with Gasteiger partial charge in [-0.15, -0.1) is 5.10 Å². The summed E-state index contributed by atoms with van der Waals surface area (Å²) in [5, 5.41) is 14.9. The molecule has 0 bridgehead atoms. The van der Waals surface area contributed by atoms with Gasteiger partial charge in [-0.1, -0.05) is 5.10 Å². The Hall–Kier alpha value is -1.85. The lowest BCUT2D eigenvalue weighted by molar-refractivity contribution is 0.529. The Balaban J connectivity index is 1.94. The van der Waals surface area contributed by atoms with E-state index in [0.717, 1.165) is 5.56 Å². The van der Waals surface area contributed by atoms with Crippen LogP contribution in [-0.2, 0) is 6.54 Å². The standard InChI is InChI=1S/C10H15N5O/c1-7(2)15-6-9(5-12-15)4-11-10-14-13-8(3)16-10/h5-7H,4H2,1-3H3,(H,11,14). The average molecular weight is 221 g/mol. The molecule has 6 nitrogen and oxygen atoms in total. The number of rotatable bonds is 4. The van der Waals surface area contributed by atoms with Crippen molar-refractivity contribution in [1.82, 2.24) is 20.0 Å². The van der Waals surface area contributed by atoms with Crippen LogP contribution in [-0.4, -0.2) is 20.0 Å². The first-order chi connectivity index (χ1) is 7.65. The molecule has 2 heterocycles. The number of nitrogens with zero attached hydrogens (tertiary/aromatic N) is 4. The molecule has 2 aromatic rings. The van der Waals surface area contributed by atoms with Crippen LogP contribution >= 0.6 is 0 Å². The van der Waals surface area contributed by atoms with E-state index >= 15 is 0 Å². The van der Waals surface area contributed by atoms with E-state index in [-0.39, 0.29) is 0 Å². The smallest absolute Gasteiger partial charge is 0.315 e. The zero-order valence-corrected chi connectivity index (χ0v) is 9.64. The molecule has 0 aliphatic carbocycles. The van der Waals surface area contributed by atoms with Crippen molar-refractivity contribution >= 4 is 6.01 Å². The van der Waals surface area contributed by atoms with Crippen molar-refractivity contribution in [3.05, 3.63) is 23.8 Å². The first-order valence-electron chi connectivity index (χ1n) is 5.22. The van der Waals surface area contributed by atoms with E-state index in [2.05, 4.69) is 34.5 Å². The highest BCUT2D eigenvalue weighted by Gasteiger charge is 2.04. The second-order valence-corrected chi connectivity index (χ2v) is 3.90. The van der Waals surface area contributed by atoms with Crippen LogP contribution in [0, 0.1) is 6.92 Å². The average Bonchev–Trinajstić information content (AvgIpc) is 2.83. The largest absolute Gasteiger partial charge is 0.408 e.